The van der Waals surface area contributed by atoms with Crippen LogP contribution in [0.4, 0.5) is 0 Å². The van der Waals surface area contributed by atoms with Crippen molar-refractivity contribution in [3.8, 4) is 0 Å². The van der Waals surface area contributed by atoms with Crippen LogP contribution in [0, 0.1) is 0 Å². The van der Waals surface area contributed by atoms with E-state index in [1.54, 1.807) is 0 Å². The van der Waals surface area contributed by atoms with Crippen LogP contribution < -0.4 is 10.2 Å². The standard InChI is InChI=1S/C71H131N2O6P/c1-6-8-10-12-14-16-18-20-22-24-26-28-30-31-32-33-34-35-36-37-38-39-40-41-43-45-47-49-51-53-55-57-59-61-63-65-71(75)72-69(68-79-80(76,77)78-67-66-73(3,4)5)70(74)64-62-60-58-56-54-52-50-48-46-44-42-29-27-25-23-21-19-17-15-13-11-9-7-2/h8,10,14,16,20,22,26,28,31-32,34-35,37-38,69-70,74H,6-7,9,11-13,15,17-19,21,23-25,27,29-30,33,36,39-68H2,1-5H3,(H-,72,75,76,77)/b10-8-,16-14-,22-20-,28-26-,32-31-,35-34-,38-37-. The molecule has 2 N–H and O–H groups in total. The number of hydrogen-bond acceptors (Lipinski definition) is 6. The van der Waals surface area contributed by atoms with Gasteiger partial charge >= 0.3 is 0 Å². The maximum absolute atomic E-state index is 13.1. The molecule has 0 rings (SSSR count). The van der Waals surface area contributed by atoms with Gasteiger partial charge < -0.3 is 28.8 Å². The van der Waals surface area contributed by atoms with Crippen molar-refractivity contribution < 1.29 is 32.9 Å². The van der Waals surface area contributed by atoms with Crippen molar-refractivity contribution >= 4 is 13.7 Å². The molecule has 0 aliphatic rings. The number of aliphatic hydroxyl groups is 1. The van der Waals surface area contributed by atoms with Gasteiger partial charge in [0.15, 0.2) is 0 Å². The van der Waals surface area contributed by atoms with Gasteiger partial charge in [0.25, 0.3) is 7.82 Å². The Balaban J connectivity index is 4.06. The van der Waals surface area contributed by atoms with Crippen LogP contribution in [0.3, 0.4) is 0 Å². The van der Waals surface area contributed by atoms with E-state index < -0.39 is 20.0 Å². The van der Waals surface area contributed by atoms with Crippen LogP contribution in [0.5, 0.6) is 0 Å². The molecule has 0 aliphatic carbocycles. The number of carbonyl (C=O) groups excluding carboxylic acids is 1. The fourth-order valence-corrected chi connectivity index (χ4v) is 10.6. The van der Waals surface area contributed by atoms with E-state index in [1.807, 2.05) is 21.1 Å². The molecule has 0 aromatic rings. The number of hydrogen-bond donors (Lipinski definition) is 2. The van der Waals surface area contributed by atoms with Crippen LogP contribution in [0.1, 0.15) is 309 Å². The molecule has 1 amide bonds. The summed E-state index contributed by atoms with van der Waals surface area (Å²) in [5, 5.41) is 14.1. The molecule has 0 spiro atoms. The normalized spacial score (nSPS) is 14.2. The highest BCUT2D eigenvalue weighted by Gasteiger charge is 2.24. The second kappa shape index (κ2) is 61.2. The van der Waals surface area contributed by atoms with Crippen LogP contribution in [-0.4, -0.2) is 68.5 Å². The van der Waals surface area contributed by atoms with Crippen LogP contribution in [-0.2, 0) is 18.4 Å². The molecular formula is C71H131N2O6P. The van der Waals surface area contributed by atoms with Crippen molar-refractivity contribution in [3.63, 3.8) is 0 Å². The molecule has 8 nitrogen and oxygen atoms in total. The molecule has 3 atom stereocenters. The number of phosphoric ester groups is 1. The minimum absolute atomic E-state index is 0.0101. The maximum atomic E-state index is 13.1. The Labute approximate surface area is 497 Å². The van der Waals surface area contributed by atoms with Gasteiger partial charge in [0.1, 0.15) is 13.2 Å². The number of nitrogens with zero attached hydrogens (tertiary/aromatic N) is 1. The third kappa shape index (κ3) is 63.3. The average Bonchev–Trinajstić information content (AvgIpc) is 3.42. The molecule has 0 bridgehead atoms. The number of unbranched alkanes of at least 4 members (excludes halogenated alkanes) is 35. The molecular weight excluding hydrogens is 1010 g/mol. The minimum Gasteiger partial charge on any atom is -0.756 e. The first-order valence-electron chi connectivity index (χ1n) is 33.9. The average molecular weight is 1140 g/mol. The van der Waals surface area contributed by atoms with Gasteiger partial charge in [-0.1, -0.05) is 317 Å². The topological polar surface area (TPSA) is 108 Å². The summed E-state index contributed by atoms with van der Waals surface area (Å²) in [5.74, 6) is -0.165. The third-order valence-electron chi connectivity index (χ3n) is 15.1. The lowest BCUT2D eigenvalue weighted by Crippen LogP contribution is -2.46. The first-order chi connectivity index (χ1) is 39.0. The monoisotopic (exact) mass is 1140 g/mol. The molecule has 0 saturated carbocycles. The van der Waals surface area contributed by atoms with Gasteiger partial charge in [-0.25, -0.2) is 0 Å². The first kappa shape index (κ1) is 77.7. The van der Waals surface area contributed by atoms with E-state index in [0.717, 1.165) is 83.5 Å². The largest absolute Gasteiger partial charge is 0.756 e. The highest BCUT2D eigenvalue weighted by Crippen LogP contribution is 2.38. The minimum atomic E-state index is -4.58. The van der Waals surface area contributed by atoms with Gasteiger partial charge in [-0.2, -0.15) is 0 Å². The van der Waals surface area contributed by atoms with E-state index >= 15 is 0 Å². The lowest BCUT2D eigenvalue weighted by atomic mass is 10.0. The Morgan fingerprint density at radius 1 is 0.450 bits per heavy atom. The Morgan fingerprint density at radius 3 is 1.11 bits per heavy atom. The van der Waals surface area contributed by atoms with E-state index in [-0.39, 0.29) is 19.1 Å². The molecule has 0 fully saturated rings. The molecule has 0 radical (unpaired) electrons. The fraction of sp³-hybridized carbons (Fsp3) is 0.789. The summed E-state index contributed by atoms with van der Waals surface area (Å²) in [6.07, 6.45) is 86.4. The molecule has 0 aliphatic heterocycles. The fourth-order valence-electron chi connectivity index (χ4n) is 9.91. The summed E-state index contributed by atoms with van der Waals surface area (Å²) in [4.78, 5) is 25.7. The van der Waals surface area contributed by atoms with Crippen molar-refractivity contribution in [2.45, 2.75) is 321 Å². The SMILES string of the molecule is CC/C=C\C/C=C\C/C=C\C/C=C\C/C=C\C/C=C\C/C=C\CCCCCCCCCCCCCCCC(=O)NC(COP(=O)([O-])OCC[N+](C)(C)C)C(O)CCCCCCCCCCCCCCCCCCCCCCCCC. The number of rotatable bonds is 62. The van der Waals surface area contributed by atoms with E-state index in [2.05, 4.69) is 104 Å². The lowest BCUT2D eigenvalue weighted by Gasteiger charge is -2.30. The van der Waals surface area contributed by atoms with Gasteiger partial charge in [0.2, 0.25) is 5.91 Å². The summed E-state index contributed by atoms with van der Waals surface area (Å²) in [7, 11) is 1.31. The van der Waals surface area contributed by atoms with E-state index in [1.165, 1.54) is 199 Å². The number of quaternary nitrogens is 1. The molecule has 80 heavy (non-hydrogen) atoms. The molecule has 0 aromatic carbocycles. The predicted octanol–water partition coefficient (Wildman–Crippen LogP) is 20.9. The number of nitrogens with one attached hydrogen (secondary N) is 1. The smallest absolute Gasteiger partial charge is 0.268 e. The van der Waals surface area contributed by atoms with Gasteiger partial charge in [0.05, 0.1) is 39.9 Å². The van der Waals surface area contributed by atoms with Gasteiger partial charge in [0, 0.05) is 6.42 Å². The van der Waals surface area contributed by atoms with Crippen LogP contribution >= 0.6 is 7.82 Å². The number of aliphatic hydroxyl groups excluding tert-OH is 1. The summed E-state index contributed by atoms with van der Waals surface area (Å²) in [5.41, 5.74) is 0. The zero-order valence-electron chi connectivity index (χ0n) is 53.3. The number of amides is 1. The van der Waals surface area contributed by atoms with Crippen molar-refractivity contribution in [3.05, 3.63) is 85.1 Å². The third-order valence-corrected chi connectivity index (χ3v) is 16.1. The first-order valence-corrected chi connectivity index (χ1v) is 35.4. The molecule has 466 valence electrons. The summed E-state index contributed by atoms with van der Waals surface area (Å²) in [6.45, 7) is 4.64. The van der Waals surface area contributed by atoms with Crippen LogP contribution in [0.25, 0.3) is 0 Å². The van der Waals surface area contributed by atoms with Crippen molar-refractivity contribution in [1.29, 1.82) is 0 Å². The second-order valence-corrected chi connectivity index (χ2v) is 25.6. The van der Waals surface area contributed by atoms with Crippen molar-refractivity contribution in [2.75, 3.05) is 40.9 Å². The highest BCUT2D eigenvalue weighted by atomic mass is 31.2. The molecule has 3 unspecified atom stereocenters. The number of carbonyl (C=O) groups is 1. The van der Waals surface area contributed by atoms with Gasteiger partial charge in [-0.15, -0.1) is 0 Å². The quantitative estimate of drug-likeness (QED) is 0.0272. The van der Waals surface area contributed by atoms with Crippen molar-refractivity contribution in [1.82, 2.24) is 5.32 Å². The van der Waals surface area contributed by atoms with Crippen molar-refractivity contribution in [2.24, 2.45) is 0 Å². The molecule has 0 saturated heterocycles. The Kier molecular flexibility index (Phi) is 59.5. The Bertz CT molecular complexity index is 1580. The van der Waals surface area contributed by atoms with Gasteiger partial charge in [-0.3, -0.25) is 9.36 Å². The number of allylic oxidation sites excluding steroid dienone is 14. The predicted molar refractivity (Wildman–Crippen MR) is 348 cm³/mol. The highest BCUT2D eigenvalue weighted by molar-refractivity contribution is 7.45. The molecule has 9 heteroatoms. The Hall–Kier alpha value is -2.32. The number of phosphoric acid groups is 1. The van der Waals surface area contributed by atoms with E-state index in [4.69, 9.17) is 9.05 Å². The lowest BCUT2D eigenvalue weighted by molar-refractivity contribution is -0.870. The summed E-state index contributed by atoms with van der Waals surface area (Å²) in [6, 6.07) is -0.807. The summed E-state index contributed by atoms with van der Waals surface area (Å²) < 4.78 is 23.5. The zero-order chi connectivity index (χ0) is 58.4. The molecule has 0 aromatic heterocycles. The maximum Gasteiger partial charge on any atom is 0.268 e. The molecule has 0 heterocycles. The van der Waals surface area contributed by atoms with Gasteiger partial charge in [-0.05, 0) is 70.6 Å². The number of likely N-dealkylation sites (N-methyl/N-ethyl adjacent to an activating group) is 1. The van der Waals surface area contributed by atoms with E-state index in [0.29, 0.717) is 23.9 Å². The van der Waals surface area contributed by atoms with Crippen LogP contribution in [0.15, 0.2) is 85.1 Å². The Morgan fingerprint density at radius 2 is 0.762 bits per heavy atom. The summed E-state index contributed by atoms with van der Waals surface area (Å²) >= 11 is 0. The van der Waals surface area contributed by atoms with E-state index in [9.17, 15) is 19.4 Å². The second-order valence-electron chi connectivity index (χ2n) is 24.2. The van der Waals surface area contributed by atoms with Crippen LogP contribution in [0.2, 0.25) is 0 Å². The zero-order valence-corrected chi connectivity index (χ0v) is 54.2.